The Labute approximate surface area is 218 Å². The Balaban J connectivity index is 2.25. The fourth-order valence-electron chi connectivity index (χ4n) is 3.62. The number of halogens is 3. The van der Waals surface area contributed by atoms with E-state index < -0.39 is 30.0 Å². The van der Waals surface area contributed by atoms with Gasteiger partial charge in [0.2, 0.25) is 4.87 Å². The van der Waals surface area contributed by atoms with Gasteiger partial charge < -0.3 is 19.1 Å². The second kappa shape index (κ2) is 11.1. The Morgan fingerprint density at radius 1 is 1.03 bits per heavy atom. The quantitative estimate of drug-likeness (QED) is 0.343. The molecule has 1 unspecified atom stereocenters. The minimum absolute atomic E-state index is 0.0277. The second-order valence-electron chi connectivity index (χ2n) is 8.33. The van der Waals surface area contributed by atoms with E-state index in [-0.39, 0.29) is 41.4 Å². The molecule has 1 aliphatic heterocycles. The smallest absolute Gasteiger partial charge is 0.425 e. The van der Waals surface area contributed by atoms with Gasteiger partial charge >= 0.3 is 19.8 Å². The number of carbonyl (C=O) groups excluding carboxylic acids is 1. The van der Waals surface area contributed by atoms with E-state index in [4.69, 9.17) is 13.8 Å². The summed E-state index contributed by atoms with van der Waals surface area (Å²) in [5.74, 6) is 0.350. The van der Waals surface area contributed by atoms with Crippen LogP contribution in [-0.4, -0.2) is 43.0 Å². The van der Waals surface area contributed by atoms with Gasteiger partial charge in [-0.3, -0.25) is 4.57 Å². The molecule has 0 saturated carbocycles. The summed E-state index contributed by atoms with van der Waals surface area (Å²) in [6.07, 6.45) is -4.95. The summed E-state index contributed by atoms with van der Waals surface area (Å²) in [4.78, 5) is 16.0. The van der Waals surface area contributed by atoms with Crippen LogP contribution in [0.2, 0.25) is 0 Å². The number of benzene rings is 2. The zero-order chi connectivity index (χ0) is 27.5. The zero-order valence-electron chi connectivity index (χ0n) is 21.0. The zero-order valence-corrected chi connectivity index (χ0v) is 22.7. The standard InChI is InChI=1S/C24H29F3N3O5PS/c1-6-34-36(32,35-7-2)22(3,4)29-21-30(18-11-9-8-10-12-18)20(31)28-23(37-21,24(25,26)27)17-13-15-19(33-5)16-14-17/h8-16H,6-7H2,1-5H3,(H,28,31). The number of hydrogen-bond donors (Lipinski definition) is 1. The van der Waals surface area contributed by atoms with Crippen LogP contribution in [0.1, 0.15) is 33.3 Å². The van der Waals surface area contributed by atoms with Crippen LogP contribution in [0.4, 0.5) is 23.7 Å². The van der Waals surface area contributed by atoms with E-state index in [0.717, 1.165) is 4.90 Å². The van der Waals surface area contributed by atoms with Gasteiger partial charge in [-0.25, -0.2) is 14.7 Å². The van der Waals surface area contributed by atoms with Crippen LogP contribution in [0.15, 0.2) is 59.6 Å². The average Bonchev–Trinajstić information content (AvgIpc) is 2.83. The van der Waals surface area contributed by atoms with Crippen molar-refractivity contribution in [2.75, 3.05) is 25.2 Å². The topological polar surface area (TPSA) is 89.5 Å². The first-order valence-electron chi connectivity index (χ1n) is 11.4. The van der Waals surface area contributed by atoms with Crippen LogP contribution >= 0.6 is 19.4 Å². The lowest BCUT2D eigenvalue weighted by Crippen LogP contribution is -2.63. The van der Waals surface area contributed by atoms with Gasteiger partial charge in [-0.05, 0) is 69.3 Å². The van der Waals surface area contributed by atoms with Gasteiger partial charge in [-0.15, -0.1) is 0 Å². The molecule has 0 spiro atoms. The van der Waals surface area contributed by atoms with Gasteiger partial charge in [0.15, 0.2) is 10.4 Å². The number of urea groups is 1. The molecule has 1 fully saturated rings. The molecular formula is C24H29F3N3O5PS. The monoisotopic (exact) mass is 559 g/mol. The maximum absolute atomic E-state index is 14.8. The molecule has 1 atom stereocenters. The van der Waals surface area contributed by atoms with Crippen molar-refractivity contribution in [3.8, 4) is 5.75 Å². The summed E-state index contributed by atoms with van der Waals surface area (Å²) in [5.41, 5.74) is 0.0328. The van der Waals surface area contributed by atoms with Crippen molar-refractivity contribution in [3.05, 3.63) is 60.2 Å². The van der Waals surface area contributed by atoms with Crippen molar-refractivity contribution >= 4 is 36.2 Å². The molecule has 8 nitrogen and oxygen atoms in total. The van der Waals surface area contributed by atoms with Crippen LogP contribution in [-0.2, 0) is 18.5 Å². The molecule has 1 saturated heterocycles. The van der Waals surface area contributed by atoms with Crippen molar-refractivity contribution in [1.29, 1.82) is 0 Å². The average molecular weight is 560 g/mol. The fourth-order valence-corrected chi connectivity index (χ4v) is 6.62. The number of anilines is 1. The number of nitrogens with one attached hydrogen (secondary N) is 1. The summed E-state index contributed by atoms with van der Waals surface area (Å²) in [5, 5.41) is 0.187. The first-order chi connectivity index (χ1) is 17.3. The lowest BCUT2D eigenvalue weighted by atomic mass is 10.1. The number of alkyl halides is 3. The number of ether oxygens (including phenoxy) is 1. The van der Waals surface area contributed by atoms with Gasteiger partial charge in [-0.1, -0.05) is 30.3 Å². The number of rotatable bonds is 9. The summed E-state index contributed by atoms with van der Waals surface area (Å²) in [6.45, 7) is 6.16. The number of thioether (sulfide) groups is 1. The van der Waals surface area contributed by atoms with E-state index in [9.17, 15) is 22.5 Å². The minimum Gasteiger partial charge on any atom is -0.497 e. The van der Waals surface area contributed by atoms with Crippen molar-refractivity contribution in [2.24, 2.45) is 4.99 Å². The number of para-hydroxylation sites is 1. The van der Waals surface area contributed by atoms with Crippen LogP contribution in [0.5, 0.6) is 5.75 Å². The summed E-state index contributed by atoms with van der Waals surface area (Å²) < 4.78 is 74.0. The number of methoxy groups -OCH3 is 1. The van der Waals surface area contributed by atoms with Crippen molar-refractivity contribution in [1.82, 2.24) is 5.32 Å². The van der Waals surface area contributed by atoms with Crippen LogP contribution in [0.25, 0.3) is 0 Å². The number of hydrogen-bond acceptors (Lipinski definition) is 7. The molecule has 1 aliphatic rings. The minimum atomic E-state index is -4.95. The first-order valence-corrected chi connectivity index (χ1v) is 13.8. The molecule has 37 heavy (non-hydrogen) atoms. The third-order valence-electron chi connectivity index (χ3n) is 5.47. The van der Waals surface area contributed by atoms with Crippen LogP contribution in [0, 0.1) is 0 Å². The molecule has 0 aromatic heterocycles. The van der Waals surface area contributed by atoms with Crippen molar-refractivity contribution in [2.45, 2.75) is 44.0 Å². The van der Waals surface area contributed by atoms with E-state index in [1.165, 1.54) is 45.2 Å². The maximum atomic E-state index is 14.8. The Bertz CT molecular complexity index is 1170. The van der Waals surface area contributed by atoms with E-state index in [2.05, 4.69) is 10.3 Å². The van der Waals surface area contributed by atoms with E-state index in [1.807, 2.05) is 0 Å². The molecule has 0 aliphatic carbocycles. The fraction of sp³-hybridized carbons (Fsp3) is 0.417. The maximum Gasteiger partial charge on any atom is 0.425 e. The molecule has 1 heterocycles. The van der Waals surface area contributed by atoms with E-state index in [1.54, 1.807) is 44.2 Å². The third kappa shape index (κ3) is 5.67. The predicted molar refractivity (Wildman–Crippen MR) is 138 cm³/mol. The van der Waals surface area contributed by atoms with Gasteiger partial charge in [0, 0.05) is 0 Å². The molecule has 13 heteroatoms. The molecule has 3 rings (SSSR count). The number of nitrogens with zero attached hydrogens (tertiary/aromatic N) is 2. The largest absolute Gasteiger partial charge is 0.497 e. The summed E-state index contributed by atoms with van der Waals surface area (Å²) in [6, 6.07) is 12.2. The number of amides is 2. The Hall–Kier alpha value is -2.53. The highest BCUT2D eigenvalue weighted by molar-refractivity contribution is 8.15. The first kappa shape index (κ1) is 29.0. The highest BCUT2D eigenvalue weighted by Gasteiger charge is 2.62. The SMILES string of the molecule is CCOP(=O)(OCC)C(C)(C)N=C1SC(c2ccc(OC)cc2)(C(F)(F)F)NC(=O)N1c1ccccc1. The lowest BCUT2D eigenvalue weighted by Gasteiger charge is -2.44. The van der Waals surface area contributed by atoms with E-state index >= 15 is 0 Å². The van der Waals surface area contributed by atoms with E-state index in [0.29, 0.717) is 5.75 Å². The van der Waals surface area contributed by atoms with Gasteiger partial charge in [0.25, 0.3) is 0 Å². The predicted octanol–water partition coefficient (Wildman–Crippen LogP) is 6.73. The molecule has 2 aromatic rings. The highest BCUT2D eigenvalue weighted by atomic mass is 32.2. The van der Waals surface area contributed by atoms with Crippen molar-refractivity contribution < 1.29 is 36.3 Å². The summed E-state index contributed by atoms with van der Waals surface area (Å²) >= 11 is 0.284. The Kier molecular flexibility index (Phi) is 8.68. The van der Waals surface area contributed by atoms with Crippen LogP contribution < -0.4 is 15.0 Å². The molecule has 0 radical (unpaired) electrons. The Morgan fingerprint density at radius 3 is 2.08 bits per heavy atom. The van der Waals surface area contributed by atoms with Crippen LogP contribution in [0.3, 0.4) is 0 Å². The van der Waals surface area contributed by atoms with Gasteiger partial charge in [-0.2, -0.15) is 13.2 Å². The van der Waals surface area contributed by atoms with Gasteiger partial charge in [0.05, 0.1) is 26.0 Å². The molecule has 0 bridgehead atoms. The highest BCUT2D eigenvalue weighted by Crippen LogP contribution is 2.61. The number of aliphatic imine (C=N–C) groups is 1. The second-order valence-corrected chi connectivity index (χ2v) is 12.1. The number of amidine groups is 1. The lowest BCUT2D eigenvalue weighted by molar-refractivity contribution is -0.167. The Morgan fingerprint density at radius 2 is 1.59 bits per heavy atom. The third-order valence-corrected chi connectivity index (χ3v) is 9.44. The molecule has 2 aromatic carbocycles. The number of carbonyl (C=O) groups is 1. The molecular weight excluding hydrogens is 530 g/mol. The summed E-state index contributed by atoms with van der Waals surface area (Å²) in [7, 11) is -2.55. The molecule has 202 valence electrons. The van der Waals surface area contributed by atoms with Crippen molar-refractivity contribution in [3.63, 3.8) is 0 Å². The normalized spacial score (nSPS) is 20.2. The molecule has 1 N–H and O–H groups in total. The van der Waals surface area contributed by atoms with Gasteiger partial charge in [0.1, 0.15) is 5.75 Å². The molecule has 2 amide bonds.